The Morgan fingerprint density at radius 1 is 1.10 bits per heavy atom. The highest BCUT2D eigenvalue weighted by atomic mass is 35.5. The molecular formula is C24H25ClN2O3. The smallest absolute Gasteiger partial charge is 0.266 e. The quantitative estimate of drug-likeness (QED) is 0.675. The number of carbonyl (C=O) groups excluding carboxylic acids is 2. The van der Waals surface area contributed by atoms with Crippen LogP contribution in [-0.4, -0.2) is 23.8 Å². The highest BCUT2D eigenvalue weighted by Crippen LogP contribution is 2.32. The minimum Gasteiger partial charge on any atom is -0.475 e. The van der Waals surface area contributed by atoms with E-state index in [0.29, 0.717) is 16.3 Å². The average molecular weight is 425 g/mol. The molecule has 0 aromatic heterocycles. The zero-order valence-corrected chi connectivity index (χ0v) is 17.7. The maximum Gasteiger partial charge on any atom is 0.266 e. The second-order valence-electron chi connectivity index (χ2n) is 7.92. The fourth-order valence-corrected chi connectivity index (χ4v) is 4.08. The van der Waals surface area contributed by atoms with E-state index >= 15 is 0 Å². The fourth-order valence-electron chi connectivity index (χ4n) is 3.96. The standard InChI is InChI=1S/C24H25ClN2O3/c1-15-7-12-21-19(13-15)22(28)20(14-26-17-10-8-16(25)9-11-17)23(30-21)24(29)27-18-5-3-2-4-6-18/h7-14,18,23,26H,2-6H2,1H3,(H,27,29)/b20-14+. The monoisotopic (exact) mass is 424 g/mol. The van der Waals surface area contributed by atoms with Crippen LogP contribution in [0, 0.1) is 6.92 Å². The number of anilines is 1. The summed E-state index contributed by atoms with van der Waals surface area (Å²) in [6.45, 7) is 1.92. The Bertz CT molecular complexity index is 978. The first-order valence-corrected chi connectivity index (χ1v) is 10.7. The second kappa shape index (κ2) is 8.92. The number of Topliss-reactive ketones (excluding diaryl/α,β-unsaturated/α-hetero) is 1. The summed E-state index contributed by atoms with van der Waals surface area (Å²) in [5, 5.41) is 6.81. The molecular weight excluding hydrogens is 400 g/mol. The van der Waals surface area contributed by atoms with Gasteiger partial charge in [0, 0.05) is 23.0 Å². The zero-order valence-electron chi connectivity index (χ0n) is 16.9. The Hall–Kier alpha value is -2.79. The molecule has 1 amide bonds. The fraction of sp³-hybridized carbons (Fsp3) is 0.333. The van der Waals surface area contributed by atoms with Crippen molar-refractivity contribution < 1.29 is 14.3 Å². The first kappa shape index (κ1) is 20.5. The lowest BCUT2D eigenvalue weighted by molar-refractivity contribution is -0.127. The minimum absolute atomic E-state index is 0.134. The van der Waals surface area contributed by atoms with Crippen LogP contribution in [0.3, 0.4) is 0 Å². The van der Waals surface area contributed by atoms with Crippen LogP contribution in [0.15, 0.2) is 54.2 Å². The summed E-state index contributed by atoms with van der Waals surface area (Å²) >= 11 is 5.94. The van der Waals surface area contributed by atoms with Crippen molar-refractivity contribution in [3.63, 3.8) is 0 Å². The van der Waals surface area contributed by atoms with Gasteiger partial charge in [0.25, 0.3) is 5.91 Å². The van der Waals surface area contributed by atoms with Crippen LogP contribution in [0.5, 0.6) is 5.75 Å². The molecule has 2 aromatic rings. The molecule has 1 aliphatic carbocycles. The van der Waals surface area contributed by atoms with Crippen molar-refractivity contribution in [3.8, 4) is 5.75 Å². The van der Waals surface area contributed by atoms with Crippen LogP contribution in [0.25, 0.3) is 0 Å². The number of aryl methyl sites for hydroxylation is 1. The van der Waals surface area contributed by atoms with Crippen molar-refractivity contribution in [2.24, 2.45) is 0 Å². The van der Waals surface area contributed by atoms with Gasteiger partial charge in [-0.05, 0) is 56.2 Å². The average Bonchev–Trinajstić information content (AvgIpc) is 2.75. The third-order valence-electron chi connectivity index (χ3n) is 5.60. The Balaban J connectivity index is 1.62. The van der Waals surface area contributed by atoms with Gasteiger partial charge >= 0.3 is 0 Å². The van der Waals surface area contributed by atoms with E-state index in [1.54, 1.807) is 30.5 Å². The second-order valence-corrected chi connectivity index (χ2v) is 8.36. The van der Waals surface area contributed by atoms with E-state index in [-0.39, 0.29) is 23.3 Å². The number of benzene rings is 2. The molecule has 4 rings (SSSR count). The number of carbonyl (C=O) groups is 2. The van der Waals surface area contributed by atoms with Gasteiger partial charge in [0.05, 0.1) is 11.1 Å². The van der Waals surface area contributed by atoms with Gasteiger partial charge in [0.15, 0.2) is 5.78 Å². The Morgan fingerprint density at radius 3 is 2.57 bits per heavy atom. The van der Waals surface area contributed by atoms with Crippen molar-refractivity contribution in [1.29, 1.82) is 0 Å². The maximum atomic E-state index is 13.3. The third kappa shape index (κ3) is 4.51. The van der Waals surface area contributed by atoms with E-state index in [4.69, 9.17) is 16.3 Å². The third-order valence-corrected chi connectivity index (χ3v) is 5.85. The van der Waals surface area contributed by atoms with Gasteiger partial charge in [-0.3, -0.25) is 9.59 Å². The van der Waals surface area contributed by atoms with Gasteiger partial charge in [-0.15, -0.1) is 0 Å². The lowest BCUT2D eigenvalue weighted by Gasteiger charge is -2.30. The summed E-state index contributed by atoms with van der Waals surface area (Å²) in [7, 11) is 0. The maximum absolute atomic E-state index is 13.3. The summed E-state index contributed by atoms with van der Waals surface area (Å²) in [4.78, 5) is 26.3. The molecule has 156 valence electrons. The summed E-state index contributed by atoms with van der Waals surface area (Å²) in [5.74, 6) is -0.0334. The number of hydrogen-bond acceptors (Lipinski definition) is 4. The lowest BCUT2D eigenvalue weighted by Crippen LogP contribution is -2.48. The molecule has 1 fully saturated rings. The molecule has 2 N–H and O–H groups in total. The van der Waals surface area contributed by atoms with E-state index in [1.807, 2.05) is 25.1 Å². The summed E-state index contributed by atoms with van der Waals surface area (Å²) in [6, 6.07) is 12.7. The predicted molar refractivity (Wildman–Crippen MR) is 118 cm³/mol. The van der Waals surface area contributed by atoms with Crippen molar-refractivity contribution in [2.75, 3.05) is 5.32 Å². The predicted octanol–water partition coefficient (Wildman–Crippen LogP) is 5.04. The van der Waals surface area contributed by atoms with E-state index < -0.39 is 6.10 Å². The molecule has 0 saturated heterocycles. The van der Waals surface area contributed by atoms with E-state index in [0.717, 1.165) is 36.9 Å². The van der Waals surface area contributed by atoms with Gasteiger partial charge in [0.2, 0.25) is 6.10 Å². The molecule has 6 heteroatoms. The summed E-state index contributed by atoms with van der Waals surface area (Å²) in [5.41, 5.74) is 2.49. The Kier molecular flexibility index (Phi) is 6.09. The molecule has 0 radical (unpaired) electrons. The largest absolute Gasteiger partial charge is 0.475 e. The molecule has 1 unspecified atom stereocenters. The highest BCUT2D eigenvalue weighted by Gasteiger charge is 2.37. The molecule has 2 aliphatic rings. The number of fused-ring (bicyclic) bond motifs is 1. The topological polar surface area (TPSA) is 67.4 Å². The van der Waals surface area contributed by atoms with Crippen LogP contribution in [0.4, 0.5) is 5.69 Å². The van der Waals surface area contributed by atoms with Gasteiger partial charge in [-0.2, -0.15) is 0 Å². The van der Waals surface area contributed by atoms with Crippen molar-refractivity contribution in [1.82, 2.24) is 5.32 Å². The van der Waals surface area contributed by atoms with Crippen LogP contribution >= 0.6 is 11.6 Å². The highest BCUT2D eigenvalue weighted by molar-refractivity contribution is 6.30. The summed E-state index contributed by atoms with van der Waals surface area (Å²) < 4.78 is 6.02. The van der Waals surface area contributed by atoms with E-state index in [1.165, 1.54) is 6.42 Å². The molecule has 0 spiro atoms. The Labute approximate surface area is 181 Å². The number of halogens is 1. The van der Waals surface area contributed by atoms with Gasteiger partial charge in [-0.25, -0.2) is 0 Å². The number of hydrogen-bond donors (Lipinski definition) is 2. The molecule has 1 aliphatic heterocycles. The lowest BCUT2D eigenvalue weighted by atomic mass is 9.92. The van der Waals surface area contributed by atoms with Crippen LogP contribution < -0.4 is 15.4 Å². The summed E-state index contributed by atoms with van der Waals surface area (Å²) in [6.07, 6.45) is 5.93. The van der Waals surface area contributed by atoms with E-state index in [9.17, 15) is 9.59 Å². The molecule has 1 atom stereocenters. The van der Waals surface area contributed by atoms with E-state index in [2.05, 4.69) is 10.6 Å². The van der Waals surface area contributed by atoms with Gasteiger partial charge < -0.3 is 15.4 Å². The first-order chi connectivity index (χ1) is 14.5. The molecule has 1 saturated carbocycles. The number of rotatable bonds is 4. The van der Waals surface area contributed by atoms with Crippen molar-refractivity contribution in [3.05, 3.63) is 70.4 Å². The number of amides is 1. The first-order valence-electron chi connectivity index (χ1n) is 10.4. The van der Waals surface area contributed by atoms with Gasteiger partial charge in [0.1, 0.15) is 5.75 Å². The van der Waals surface area contributed by atoms with Crippen LogP contribution in [0.1, 0.15) is 48.0 Å². The number of ketones is 1. The molecule has 2 aromatic carbocycles. The normalized spacial score (nSPS) is 20.4. The number of ether oxygens (including phenoxy) is 1. The molecule has 30 heavy (non-hydrogen) atoms. The van der Waals surface area contributed by atoms with Crippen molar-refractivity contribution in [2.45, 2.75) is 51.2 Å². The zero-order chi connectivity index (χ0) is 21.1. The SMILES string of the molecule is Cc1ccc2c(c1)C(=O)/C(=C\Nc1ccc(Cl)cc1)C(C(=O)NC1CCCCC1)O2. The van der Waals surface area contributed by atoms with Crippen LogP contribution in [0.2, 0.25) is 5.02 Å². The Morgan fingerprint density at radius 2 is 1.83 bits per heavy atom. The van der Waals surface area contributed by atoms with Crippen molar-refractivity contribution >= 4 is 29.0 Å². The number of nitrogens with one attached hydrogen (secondary N) is 2. The van der Waals surface area contributed by atoms with Crippen LogP contribution in [-0.2, 0) is 4.79 Å². The minimum atomic E-state index is -0.991. The molecule has 0 bridgehead atoms. The van der Waals surface area contributed by atoms with Gasteiger partial charge in [-0.1, -0.05) is 42.5 Å². The molecule has 1 heterocycles. The molecule has 5 nitrogen and oxygen atoms in total.